The molecule has 1 aliphatic carbocycles. The number of rotatable bonds is 39. The molecule has 0 bridgehead atoms. The second-order valence-corrected chi connectivity index (χ2v) is 26.0. The van der Waals surface area contributed by atoms with E-state index >= 15 is 4.79 Å². The quantitative estimate of drug-likeness (QED) is 0.0153. The Labute approximate surface area is 561 Å². The van der Waals surface area contributed by atoms with Gasteiger partial charge in [0.15, 0.2) is 0 Å². The minimum absolute atomic E-state index is 0.0477. The predicted molar refractivity (Wildman–Crippen MR) is 360 cm³/mol. The fourth-order valence-electron chi connectivity index (χ4n) is 11.6. The number of amides is 11. The predicted octanol–water partition coefficient (Wildman–Crippen LogP) is 7.81. The average Bonchev–Trinajstić information content (AvgIpc) is 1.33. The first kappa shape index (κ1) is 77.2. The lowest BCUT2D eigenvalue weighted by Gasteiger charge is -2.40. The minimum atomic E-state index is -1.19. The lowest BCUT2D eigenvalue weighted by Crippen LogP contribution is -2.59. The van der Waals surface area contributed by atoms with Gasteiger partial charge in [-0.25, -0.2) is 14.6 Å². The largest absolute Gasteiger partial charge is 0.481 e. The van der Waals surface area contributed by atoms with Gasteiger partial charge in [-0.15, -0.1) is 11.3 Å². The molecule has 0 spiro atoms. The molecule has 25 nitrogen and oxygen atoms in total. The highest BCUT2D eigenvalue weighted by Gasteiger charge is 2.41. The highest BCUT2D eigenvalue weighted by molar-refractivity contribution is 7.09. The zero-order chi connectivity index (χ0) is 70.1. The van der Waals surface area contributed by atoms with Gasteiger partial charge in [0.2, 0.25) is 29.5 Å². The normalized spacial score (nSPS) is 16.8. The third-order valence-electron chi connectivity index (χ3n) is 17.3. The molecule has 0 saturated carbocycles. The lowest BCUT2D eigenvalue weighted by molar-refractivity contribution is -0.143. The number of carboxylic acid groups (broad SMARTS) is 1. The van der Waals surface area contributed by atoms with Gasteiger partial charge in [0.1, 0.15) is 47.6 Å². The van der Waals surface area contributed by atoms with Crippen LogP contribution in [0.5, 0.6) is 0 Å². The topological polar surface area (TPSA) is 347 Å². The summed E-state index contributed by atoms with van der Waals surface area (Å²) in [4.78, 5) is 155. The van der Waals surface area contributed by atoms with Crippen molar-refractivity contribution in [2.24, 2.45) is 23.5 Å². The summed E-state index contributed by atoms with van der Waals surface area (Å²) < 4.78 is 12.3. The number of nitrogens with one attached hydrogen (secondary N) is 6. The van der Waals surface area contributed by atoms with Crippen molar-refractivity contribution in [2.45, 2.75) is 201 Å². The summed E-state index contributed by atoms with van der Waals surface area (Å²) in [5.41, 5.74) is 8.22. The number of nitrogens with two attached hydrogens (primary N) is 1. The first-order valence-corrected chi connectivity index (χ1v) is 34.0. The number of hydrogen-bond acceptors (Lipinski definition) is 15. The summed E-state index contributed by atoms with van der Waals surface area (Å²) >= 11 is 1.28. The van der Waals surface area contributed by atoms with Crippen LogP contribution in [0.1, 0.15) is 184 Å². The van der Waals surface area contributed by atoms with E-state index in [1.54, 1.807) is 36.6 Å². The Bertz CT molecular complexity index is 3170. The molecule has 3 aromatic rings. The van der Waals surface area contributed by atoms with Gasteiger partial charge in [0.25, 0.3) is 17.7 Å². The number of imide groups is 1. The van der Waals surface area contributed by atoms with Crippen molar-refractivity contribution in [3.05, 3.63) is 106 Å². The van der Waals surface area contributed by atoms with Crippen molar-refractivity contribution in [3.8, 4) is 0 Å². The second kappa shape index (κ2) is 38.1. The molecule has 95 heavy (non-hydrogen) atoms. The number of ether oxygens (including phenoxy) is 2. The van der Waals surface area contributed by atoms with Gasteiger partial charge in [-0.2, -0.15) is 0 Å². The van der Waals surface area contributed by atoms with Crippen molar-refractivity contribution in [3.63, 3.8) is 0 Å². The summed E-state index contributed by atoms with van der Waals surface area (Å²) in [5, 5.41) is 29.0. The number of nitrogens with zero attached hydrogens (tertiary/aromatic N) is 4. The van der Waals surface area contributed by atoms with E-state index in [-0.39, 0.29) is 86.5 Å². The molecular weight excluding hydrogens is 1240 g/mol. The molecular formula is C69H99N11O14S. The van der Waals surface area contributed by atoms with Gasteiger partial charge in [-0.3, -0.25) is 53.0 Å². The van der Waals surface area contributed by atoms with E-state index < -0.39 is 95.9 Å². The van der Waals surface area contributed by atoms with Crippen LogP contribution in [0, 0.1) is 17.8 Å². The van der Waals surface area contributed by atoms with E-state index in [9.17, 15) is 53.1 Å². The van der Waals surface area contributed by atoms with Crippen LogP contribution < -0.4 is 37.6 Å². The average molecular weight is 1340 g/mol. The van der Waals surface area contributed by atoms with Crippen molar-refractivity contribution in [1.29, 1.82) is 0 Å². The van der Waals surface area contributed by atoms with Gasteiger partial charge in [-0.05, 0) is 110 Å². The molecule has 0 saturated heterocycles. The molecule has 2 aliphatic rings. The number of unbranched alkanes of at least 4 members (excludes halogenated alkanes) is 2. The van der Waals surface area contributed by atoms with Crippen LogP contribution in [0.15, 0.2) is 78.2 Å². The van der Waals surface area contributed by atoms with Gasteiger partial charge in [-0.1, -0.05) is 118 Å². The van der Waals surface area contributed by atoms with E-state index in [2.05, 4.69) is 38.5 Å². The first-order valence-electron chi connectivity index (χ1n) is 33.1. The van der Waals surface area contributed by atoms with E-state index in [4.69, 9.17) is 20.2 Å². The molecule has 0 fully saturated rings. The third-order valence-corrected chi connectivity index (χ3v) is 18.3. The molecule has 10 unspecified atom stereocenters. The van der Waals surface area contributed by atoms with Crippen molar-refractivity contribution in [1.82, 2.24) is 46.3 Å². The van der Waals surface area contributed by atoms with Crippen molar-refractivity contribution < 1.29 is 67.3 Å². The van der Waals surface area contributed by atoms with Gasteiger partial charge in [0, 0.05) is 81.4 Å². The number of urea groups is 1. The molecule has 520 valence electrons. The number of carbonyl (C=O) groups is 11. The highest BCUT2D eigenvalue weighted by atomic mass is 32.1. The van der Waals surface area contributed by atoms with Gasteiger partial charge >= 0.3 is 18.1 Å². The summed E-state index contributed by atoms with van der Waals surface area (Å²) in [7, 11) is 1.48. The lowest BCUT2D eigenvalue weighted by atomic mass is 9.80. The van der Waals surface area contributed by atoms with Gasteiger partial charge < -0.3 is 57.1 Å². The number of benzene rings is 2. The molecule has 26 heteroatoms. The molecule has 0 radical (unpaired) electrons. The number of aromatic nitrogens is 1. The standard InChI is InChI=1S/C69H99N11O14S/c1-12-33-79(53(41(5)6)38-54(93-35-13-2)65-75-52(40-95-65)62(85)73-48-36-46-22-18-19-23-49(46)50(37-48)67(89)90)66(88)59(43(9)14-3)77-64(87)60(44(10)15-4)78(11)69(92)94-39-45-26-28-47(29-27-45)72-61(84)51(24-21-32-71-68(70)91)74-63(86)58(42(7)8)76-55(81)25-17-16-20-34-80-56(82)30-31-57(80)83/h18-19,22-23,26-31,40-41,43-44,48,50-51,53-54,58-60H,7,12-17,20-21,24-25,32-39H2,1-6,8-11H3,(H,72,84)(H,73,85)(H,74,86)(H,76,81)(H,77,87)(H,89,90)(H3,70,71,91). The monoisotopic (exact) mass is 1340 g/mol. The highest BCUT2D eigenvalue weighted by Crippen LogP contribution is 2.34. The van der Waals surface area contributed by atoms with E-state index in [0.29, 0.717) is 92.8 Å². The summed E-state index contributed by atoms with van der Waals surface area (Å²) in [6.45, 7) is 21.9. The van der Waals surface area contributed by atoms with Crippen LogP contribution in [-0.2, 0) is 60.9 Å². The SMILES string of the molecule is C=C(C)C(NC(=O)CCCCCN1C(=O)C=CC1=O)C(=O)NC(CCCNC(N)=O)C(=O)Nc1ccc(COC(=O)N(C)C(C(=O)NC(C(=O)N(CCC)C(CC(OCCC)c2nc(C(=O)NC3Cc4ccccc4C(C(=O)O)C3)cs2)C(C)C)C(C)CC)C(C)CC)cc1. The molecule has 11 amide bonds. The number of likely N-dealkylation sites (N-methyl/N-ethyl adjacent to an activating group) is 1. The van der Waals surface area contributed by atoms with Crippen molar-refractivity contribution >= 4 is 82.4 Å². The molecule has 9 N–H and O–H groups in total. The number of anilines is 1. The molecule has 2 heterocycles. The molecule has 10 atom stereocenters. The van der Waals surface area contributed by atoms with Crippen LogP contribution in [0.4, 0.5) is 15.3 Å². The summed E-state index contributed by atoms with van der Waals surface area (Å²) in [5.74, 6) is -6.27. The Balaban J connectivity index is 1.22. The van der Waals surface area contributed by atoms with Crippen LogP contribution in [0.3, 0.4) is 0 Å². The maximum atomic E-state index is 15.3. The Kier molecular flexibility index (Phi) is 31.0. The molecule has 2 aromatic carbocycles. The van der Waals surface area contributed by atoms with Crippen LogP contribution >= 0.6 is 11.3 Å². The van der Waals surface area contributed by atoms with E-state index in [1.807, 2.05) is 84.6 Å². The van der Waals surface area contributed by atoms with E-state index in [1.165, 1.54) is 35.4 Å². The minimum Gasteiger partial charge on any atom is -0.481 e. The zero-order valence-electron chi connectivity index (χ0n) is 56.7. The smallest absolute Gasteiger partial charge is 0.410 e. The maximum absolute atomic E-state index is 15.3. The number of primary amides is 1. The molecule has 5 rings (SSSR count). The fourth-order valence-corrected chi connectivity index (χ4v) is 12.5. The number of hydrogen-bond donors (Lipinski definition) is 8. The van der Waals surface area contributed by atoms with Crippen molar-refractivity contribution in [2.75, 3.05) is 38.6 Å². The van der Waals surface area contributed by atoms with Crippen LogP contribution in [0.2, 0.25) is 0 Å². The summed E-state index contributed by atoms with van der Waals surface area (Å²) in [6.07, 6.45) is 6.19. The number of carboxylic acids is 1. The maximum Gasteiger partial charge on any atom is 0.410 e. The Morgan fingerprint density at radius 2 is 1.53 bits per heavy atom. The Morgan fingerprint density at radius 1 is 0.842 bits per heavy atom. The number of aliphatic carboxylic acids is 1. The van der Waals surface area contributed by atoms with Crippen LogP contribution in [-0.4, -0.2) is 160 Å². The summed E-state index contributed by atoms with van der Waals surface area (Å²) in [6, 6.07) is 7.81. The second-order valence-electron chi connectivity index (χ2n) is 25.1. The Hall–Kier alpha value is -8.52. The zero-order valence-corrected chi connectivity index (χ0v) is 57.5. The first-order chi connectivity index (χ1) is 45.2. The fraction of sp³-hybridized carbons (Fsp3) is 0.565. The molecule has 1 aliphatic heterocycles. The van der Waals surface area contributed by atoms with E-state index in [0.717, 1.165) is 16.0 Å². The third kappa shape index (κ3) is 22.8. The van der Waals surface area contributed by atoms with Gasteiger partial charge in [0.05, 0.1) is 5.92 Å². The number of fused-ring (bicyclic) bond motifs is 1. The molecule has 1 aromatic heterocycles. The number of thiazole rings is 1. The number of carbonyl (C=O) groups excluding carboxylic acids is 10. The Morgan fingerprint density at radius 3 is 2.15 bits per heavy atom. The van der Waals surface area contributed by atoms with Crippen LogP contribution in [0.25, 0.3) is 0 Å².